The number of carbonyl (C=O) groups is 4. The van der Waals surface area contributed by atoms with Crippen LogP contribution in [-0.4, -0.2) is 40.6 Å². The molecule has 154 valence electrons. The van der Waals surface area contributed by atoms with Crippen molar-refractivity contribution in [1.29, 1.82) is 0 Å². The lowest BCUT2D eigenvalue weighted by Crippen LogP contribution is -2.76. The number of hydrogen-bond donors (Lipinski definition) is 0. The van der Waals surface area contributed by atoms with Gasteiger partial charge in [-0.15, -0.1) is 6.58 Å². The van der Waals surface area contributed by atoms with Crippen LogP contribution in [0.2, 0.25) is 0 Å². The fourth-order valence-corrected chi connectivity index (χ4v) is 6.22. The molecular weight excluding hydrogens is 360 g/mol. The van der Waals surface area contributed by atoms with Crippen LogP contribution in [0.25, 0.3) is 0 Å². The number of fused-ring (bicyclic) bond motifs is 3. The van der Waals surface area contributed by atoms with Gasteiger partial charge in [0, 0.05) is 31.1 Å². The predicted molar refractivity (Wildman–Crippen MR) is 101 cm³/mol. The summed E-state index contributed by atoms with van der Waals surface area (Å²) in [7, 11) is 0. The number of rotatable bonds is 2. The summed E-state index contributed by atoms with van der Waals surface area (Å²) in [5.41, 5.74) is -4.13. The highest BCUT2D eigenvalue weighted by atomic mass is 16.6. The molecule has 2 saturated carbocycles. The van der Waals surface area contributed by atoms with Crippen molar-refractivity contribution < 1.29 is 28.7 Å². The van der Waals surface area contributed by atoms with Crippen molar-refractivity contribution in [2.75, 3.05) is 0 Å². The summed E-state index contributed by atoms with van der Waals surface area (Å²) in [6.45, 7) is 13.9. The molecule has 3 aliphatic rings. The van der Waals surface area contributed by atoms with Crippen LogP contribution in [0.4, 0.5) is 0 Å². The minimum atomic E-state index is -1.44. The molecule has 0 unspecified atom stereocenters. The van der Waals surface area contributed by atoms with Gasteiger partial charge < -0.3 is 9.47 Å². The third kappa shape index (κ3) is 2.64. The Morgan fingerprint density at radius 1 is 1.14 bits per heavy atom. The van der Waals surface area contributed by atoms with Crippen LogP contribution in [0, 0.1) is 22.7 Å². The highest BCUT2D eigenvalue weighted by molar-refractivity contribution is 6.04. The number of carbonyl (C=O) groups excluding carboxylic acids is 4. The van der Waals surface area contributed by atoms with Crippen LogP contribution in [0.15, 0.2) is 12.7 Å². The molecule has 6 nitrogen and oxygen atoms in total. The Morgan fingerprint density at radius 3 is 2.29 bits per heavy atom. The molecule has 2 aliphatic carbocycles. The molecule has 0 aromatic rings. The third-order valence-corrected chi connectivity index (χ3v) is 7.23. The number of ether oxygens (including phenoxy) is 2. The molecule has 0 aromatic heterocycles. The van der Waals surface area contributed by atoms with Crippen LogP contribution in [0.1, 0.15) is 60.8 Å². The zero-order valence-corrected chi connectivity index (χ0v) is 17.6. The monoisotopic (exact) mass is 390 g/mol. The second-order valence-corrected chi connectivity index (χ2v) is 9.90. The van der Waals surface area contributed by atoms with Crippen LogP contribution in [0.5, 0.6) is 0 Å². The average molecular weight is 390 g/mol. The van der Waals surface area contributed by atoms with E-state index in [9.17, 15) is 19.2 Å². The quantitative estimate of drug-likeness (QED) is 0.532. The van der Waals surface area contributed by atoms with Crippen LogP contribution >= 0.6 is 0 Å². The van der Waals surface area contributed by atoms with Gasteiger partial charge in [-0.3, -0.25) is 19.2 Å². The van der Waals surface area contributed by atoms with E-state index < -0.39 is 45.9 Å². The van der Waals surface area contributed by atoms with Crippen molar-refractivity contribution in [3.05, 3.63) is 12.7 Å². The number of ketones is 3. The van der Waals surface area contributed by atoms with Gasteiger partial charge in [0.2, 0.25) is 0 Å². The molecule has 6 heteroatoms. The maximum absolute atomic E-state index is 13.7. The molecule has 1 aliphatic heterocycles. The second-order valence-electron chi connectivity index (χ2n) is 9.90. The van der Waals surface area contributed by atoms with E-state index in [0.29, 0.717) is 12.8 Å². The molecule has 3 rings (SSSR count). The summed E-state index contributed by atoms with van der Waals surface area (Å²) in [5.74, 6) is -2.79. The van der Waals surface area contributed by atoms with Gasteiger partial charge in [0.25, 0.3) is 0 Å². The van der Waals surface area contributed by atoms with E-state index >= 15 is 0 Å². The summed E-state index contributed by atoms with van der Waals surface area (Å²) >= 11 is 0. The Labute approximate surface area is 166 Å². The van der Waals surface area contributed by atoms with E-state index in [1.54, 1.807) is 20.8 Å². The third-order valence-electron chi connectivity index (χ3n) is 7.23. The summed E-state index contributed by atoms with van der Waals surface area (Å²) in [5, 5.41) is 0. The van der Waals surface area contributed by atoms with Gasteiger partial charge in [-0.2, -0.15) is 0 Å². The zero-order valence-electron chi connectivity index (χ0n) is 17.6. The molecule has 0 N–H and O–H groups in total. The van der Waals surface area contributed by atoms with Crippen molar-refractivity contribution in [1.82, 2.24) is 0 Å². The Balaban J connectivity index is 2.27. The maximum atomic E-state index is 13.7. The first-order valence-electron chi connectivity index (χ1n) is 9.84. The van der Waals surface area contributed by atoms with E-state index in [1.165, 1.54) is 13.0 Å². The Bertz CT molecular complexity index is 782. The van der Waals surface area contributed by atoms with Crippen LogP contribution < -0.4 is 0 Å². The van der Waals surface area contributed by atoms with Crippen molar-refractivity contribution in [2.24, 2.45) is 22.7 Å². The van der Waals surface area contributed by atoms with Crippen molar-refractivity contribution in [3.63, 3.8) is 0 Å². The lowest BCUT2D eigenvalue weighted by Gasteiger charge is -2.63. The van der Waals surface area contributed by atoms with Gasteiger partial charge in [0.15, 0.2) is 11.9 Å². The number of hydrogen-bond acceptors (Lipinski definition) is 6. The normalized spacial score (nSPS) is 45.1. The van der Waals surface area contributed by atoms with E-state index in [2.05, 4.69) is 6.58 Å². The fourth-order valence-electron chi connectivity index (χ4n) is 6.22. The van der Waals surface area contributed by atoms with E-state index in [0.717, 1.165) is 0 Å². The molecule has 0 spiro atoms. The number of Topliss-reactive ketones (excluding diaryl/α,β-unsaturated/α-hetero) is 3. The SMILES string of the molecule is C=C[C@@]1(C)CC(=O)[C@H]2[C@](C)(O1)[C@@H](OC(C)=O)C(=O)[C@H]1C(C)(C)CCC(=O)[C@@]12C. The zero-order chi connectivity index (χ0) is 21.3. The Hall–Kier alpha value is -1.82. The summed E-state index contributed by atoms with van der Waals surface area (Å²) in [6, 6.07) is 0. The predicted octanol–water partition coefficient (Wildman–Crippen LogP) is 2.82. The molecule has 0 amide bonds. The standard InChI is InChI=1S/C22H30O6/c1-8-20(5)11-13(24)16-21(6)14(25)9-10-19(3,4)17(21)15(26)18(27-12(2)23)22(16,7)28-20/h8,16-18H,1,9-11H2,2-7H3/t16-,17+,18+,20+,21-,22+/m1/s1. The molecule has 0 aromatic carbocycles. The highest BCUT2D eigenvalue weighted by Crippen LogP contribution is 2.62. The molecule has 3 fully saturated rings. The first-order valence-corrected chi connectivity index (χ1v) is 9.84. The average Bonchev–Trinajstić information content (AvgIpc) is 2.54. The Morgan fingerprint density at radius 2 is 1.75 bits per heavy atom. The molecule has 1 saturated heterocycles. The van der Waals surface area contributed by atoms with Gasteiger partial charge in [-0.25, -0.2) is 0 Å². The number of esters is 1. The lowest BCUT2D eigenvalue weighted by atomic mass is 9.42. The van der Waals surface area contributed by atoms with Gasteiger partial charge in [0.05, 0.1) is 11.5 Å². The van der Waals surface area contributed by atoms with Crippen molar-refractivity contribution >= 4 is 23.3 Å². The smallest absolute Gasteiger partial charge is 0.303 e. The lowest BCUT2D eigenvalue weighted by molar-refractivity contribution is -0.261. The summed E-state index contributed by atoms with van der Waals surface area (Å²) < 4.78 is 11.8. The van der Waals surface area contributed by atoms with Gasteiger partial charge in [0.1, 0.15) is 17.2 Å². The molecule has 28 heavy (non-hydrogen) atoms. The second kappa shape index (κ2) is 6.09. The van der Waals surface area contributed by atoms with Crippen LogP contribution in [0.3, 0.4) is 0 Å². The summed E-state index contributed by atoms with van der Waals surface area (Å²) in [4.78, 5) is 52.2. The van der Waals surface area contributed by atoms with E-state index in [4.69, 9.17) is 9.47 Å². The molecule has 6 atom stereocenters. The fraction of sp³-hybridized carbons (Fsp3) is 0.727. The topological polar surface area (TPSA) is 86.7 Å². The molecule has 0 radical (unpaired) electrons. The Kier molecular flexibility index (Phi) is 4.54. The van der Waals surface area contributed by atoms with Gasteiger partial charge >= 0.3 is 5.97 Å². The molecular formula is C22H30O6. The highest BCUT2D eigenvalue weighted by Gasteiger charge is 2.74. The molecule has 0 bridgehead atoms. The van der Waals surface area contributed by atoms with Gasteiger partial charge in [-0.05, 0) is 25.7 Å². The largest absolute Gasteiger partial charge is 0.451 e. The maximum Gasteiger partial charge on any atom is 0.303 e. The van der Waals surface area contributed by atoms with Gasteiger partial charge in [-0.1, -0.05) is 26.8 Å². The van der Waals surface area contributed by atoms with Crippen LogP contribution in [-0.2, 0) is 28.7 Å². The van der Waals surface area contributed by atoms with Crippen molar-refractivity contribution in [3.8, 4) is 0 Å². The first-order chi connectivity index (χ1) is 12.7. The minimum absolute atomic E-state index is 0.0633. The first kappa shape index (κ1) is 20.9. The minimum Gasteiger partial charge on any atom is -0.451 e. The van der Waals surface area contributed by atoms with Crippen molar-refractivity contribution in [2.45, 2.75) is 78.1 Å². The van der Waals surface area contributed by atoms with E-state index in [1.807, 2.05) is 13.8 Å². The van der Waals surface area contributed by atoms with E-state index in [-0.39, 0.29) is 23.8 Å². The molecule has 1 heterocycles. The summed E-state index contributed by atoms with van der Waals surface area (Å²) in [6.07, 6.45) is 1.20.